The number of likely N-dealkylation sites (tertiary alicyclic amines) is 1. The number of methoxy groups -OCH3 is 2. The highest BCUT2D eigenvalue weighted by atomic mass is 16.5. The van der Waals surface area contributed by atoms with E-state index in [9.17, 15) is 0 Å². The molecule has 0 saturated carbocycles. The van der Waals surface area contributed by atoms with Crippen molar-refractivity contribution in [2.24, 2.45) is 0 Å². The Balaban J connectivity index is 1.29. The van der Waals surface area contributed by atoms with E-state index in [1.807, 2.05) is 0 Å². The SMILES string of the molecule is COc1ccc(CCN2CCC(N3CCc4ccc(OC)cc43)CC2)cc1. The number of ether oxygens (including phenoxy) is 2. The molecule has 0 amide bonds. The molecular formula is C23H30N2O2. The predicted octanol–water partition coefficient (Wildman–Crippen LogP) is 3.77. The number of piperidine rings is 1. The minimum atomic E-state index is 0.663. The van der Waals surface area contributed by atoms with E-state index in [-0.39, 0.29) is 0 Å². The molecule has 1 fully saturated rings. The molecule has 27 heavy (non-hydrogen) atoms. The molecule has 4 nitrogen and oxygen atoms in total. The van der Waals surface area contributed by atoms with Gasteiger partial charge in [-0.25, -0.2) is 0 Å². The van der Waals surface area contributed by atoms with Gasteiger partial charge in [0.2, 0.25) is 0 Å². The lowest BCUT2D eigenvalue weighted by Crippen LogP contribution is -2.45. The fraction of sp³-hybridized carbons (Fsp3) is 0.478. The van der Waals surface area contributed by atoms with Crippen molar-refractivity contribution in [2.45, 2.75) is 31.7 Å². The summed E-state index contributed by atoms with van der Waals surface area (Å²) in [5.41, 5.74) is 4.25. The molecule has 1 saturated heterocycles. The topological polar surface area (TPSA) is 24.9 Å². The smallest absolute Gasteiger partial charge is 0.120 e. The van der Waals surface area contributed by atoms with E-state index in [1.165, 1.54) is 42.7 Å². The van der Waals surface area contributed by atoms with Crippen LogP contribution in [-0.2, 0) is 12.8 Å². The lowest BCUT2D eigenvalue weighted by atomic mass is 10.0. The van der Waals surface area contributed by atoms with Crippen LogP contribution in [0.15, 0.2) is 42.5 Å². The summed E-state index contributed by atoms with van der Waals surface area (Å²) in [6, 6.07) is 15.7. The molecule has 0 radical (unpaired) electrons. The first kappa shape index (κ1) is 18.2. The van der Waals surface area contributed by atoms with E-state index in [2.05, 4.69) is 52.3 Å². The van der Waals surface area contributed by atoms with E-state index in [0.717, 1.165) is 37.4 Å². The Hall–Kier alpha value is -2.20. The van der Waals surface area contributed by atoms with Crippen molar-refractivity contribution >= 4 is 5.69 Å². The van der Waals surface area contributed by atoms with E-state index < -0.39 is 0 Å². The summed E-state index contributed by atoms with van der Waals surface area (Å²) in [5, 5.41) is 0. The van der Waals surface area contributed by atoms with Crippen LogP contribution in [0.2, 0.25) is 0 Å². The van der Waals surface area contributed by atoms with E-state index in [1.54, 1.807) is 14.2 Å². The second-order valence-corrected chi connectivity index (χ2v) is 7.61. The molecule has 0 spiro atoms. The van der Waals surface area contributed by atoms with E-state index in [4.69, 9.17) is 9.47 Å². The van der Waals surface area contributed by atoms with Crippen LogP contribution < -0.4 is 14.4 Å². The van der Waals surface area contributed by atoms with Gasteiger partial charge in [0.1, 0.15) is 11.5 Å². The molecular weight excluding hydrogens is 336 g/mol. The maximum Gasteiger partial charge on any atom is 0.120 e. The monoisotopic (exact) mass is 366 g/mol. The number of hydrogen-bond donors (Lipinski definition) is 0. The van der Waals surface area contributed by atoms with Crippen LogP contribution in [-0.4, -0.2) is 51.3 Å². The highest BCUT2D eigenvalue weighted by Crippen LogP contribution is 2.35. The van der Waals surface area contributed by atoms with Gasteiger partial charge in [-0.05, 0) is 55.0 Å². The molecule has 0 atom stereocenters. The van der Waals surface area contributed by atoms with E-state index >= 15 is 0 Å². The van der Waals surface area contributed by atoms with Crippen LogP contribution >= 0.6 is 0 Å². The zero-order chi connectivity index (χ0) is 18.6. The van der Waals surface area contributed by atoms with Gasteiger partial charge < -0.3 is 19.3 Å². The third-order valence-electron chi connectivity index (χ3n) is 6.10. The van der Waals surface area contributed by atoms with Crippen molar-refractivity contribution in [1.29, 1.82) is 0 Å². The highest BCUT2D eigenvalue weighted by Gasteiger charge is 2.29. The summed E-state index contributed by atoms with van der Waals surface area (Å²) < 4.78 is 10.7. The number of nitrogens with zero attached hydrogens (tertiary/aromatic N) is 2. The Labute approximate surface area is 162 Å². The fourth-order valence-electron chi connectivity index (χ4n) is 4.42. The van der Waals surface area contributed by atoms with Gasteiger partial charge in [0.05, 0.1) is 14.2 Å². The van der Waals surface area contributed by atoms with Crippen LogP contribution in [0.5, 0.6) is 11.5 Å². The summed E-state index contributed by atoms with van der Waals surface area (Å²) in [5.74, 6) is 1.90. The molecule has 0 N–H and O–H groups in total. The summed E-state index contributed by atoms with van der Waals surface area (Å²) >= 11 is 0. The summed E-state index contributed by atoms with van der Waals surface area (Å²) in [6.07, 6.45) is 4.77. The Morgan fingerprint density at radius 1 is 0.889 bits per heavy atom. The summed E-state index contributed by atoms with van der Waals surface area (Å²) in [7, 11) is 3.47. The van der Waals surface area contributed by atoms with Gasteiger partial charge in [-0.15, -0.1) is 0 Å². The maximum absolute atomic E-state index is 5.44. The zero-order valence-electron chi connectivity index (χ0n) is 16.5. The molecule has 2 heterocycles. The minimum Gasteiger partial charge on any atom is -0.497 e. The summed E-state index contributed by atoms with van der Waals surface area (Å²) in [4.78, 5) is 5.24. The Kier molecular flexibility index (Phi) is 5.53. The number of rotatable bonds is 6. The first-order valence-corrected chi connectivity index (χ1v) is 10.1. The third-order valence-corrected chi connectivity index (χ3v) is 6.10. The molecule has 2 aliphatic rings. The van der Waals surface area contributed by atoms with Gasteiger partial charge in [0.15, 0.2) is 0 Å². The fourth-order valence-corrected chi connectivity index (χ4v) is 4.42. The van der Waals surface area contributed by atoms with Crippen molar-refractivity contribution in [3.8, 4) is 11.5 Å². The quantitative estimate of drug-likeness (QED) is 0.777. The van der Waals surface area contributed by atoms with Gasteiger partial charge in [-0.3, -0.25) is 0 Å². The second kappa shape index (κ2) is 8.22. The molecule has 0 unspecified atom stereocenters. The van der Waals surface area contributed by atoms with Gasteiger partial charge in [0.25, 0.3) is 0 Å². The highest BCUT2D eigenvalue weighted by molar-refractivity contribution is 5.61. The molecule has 0 aliphatic carbocycles. The van der Waals surface area contributed by atoms with Gasteiger partial charge in [-0.2, -0.15) is 0 Å². The molecule has 144 valence electrons. The normalized spacial score (nSPS) is 17.8. The Morgan fingerprint density at radius 2 is 1.59 bits per heavy atom. The Morgan fingerprint density at radius 3 is 2.30 bits per heavy atom. The van der Waals surface area contributed by atoms with Crippen LogP contribution in [0.25, 0.3) is 0 Å². The zero-order valence-corrected chi connectivity index (χ0v) is 16.5. The molecule has 0 aromatic heterocycles. The average molecular weight is 367 g/mol. The molecule has 2 aromatic carbocycles. The van der Waals surface area contributed by atoms with Crippen LogP contribution in [0, 0.1) is 0 Å². The van der Waals surface area contributed by atoms with Crippen molar-refractivity contribution in [3.63, 3.8) is 0 Å². The number of fused-ring (bicyclic) bond motifs is 1. The van der Waals surface area contributed by atoms with E-state index in [0.29, 0.717) is 6.04 Å². The average Bonchev–Trinajstić information content (AvgIpc) is 3.16. The summed E-state index contributed by atoms with van der Waals surface area (Å²) in [6.45, 7) is 4.68. The molecule has 0 bridgehead atoms. The first-order chi connectivity index (χ1) is 13.3. The van der Waals surface area contributed by atoms with Crippen LogP contribution in [0.1, 0.15) is 24.0 Å². The van der Waals surface area contributed by atoms with Gasteiger partial charge >= 0.3 is 0 Å². The predicted molar refractivity (Wildman–Crippen MR) is 110 cm³/mol. The second-order valence-electron chi connectivity index (χ2n) is 7.61. The largest absolute Gasteiger partial charge is 0.497 e. The van der Waals surface area contributed by atoms with Crippen molar-refractivity contribution in [2.75, 3.05) is 45.3 Å². The Bertz CT molecular complexity index is 751. The number of benzene rings is 2. The molecule has 2 aromatic rings. The van der Waals surface area contributed by atoms with Crippen molar-refractivity contribution < 1.29 is 9.47 Å². The van der Waals surface area contributed by atoms with Crippen LogP contribution in [0.4, 0.5) is 5.69 Å². The van der Waals surface area contributed by atoms with Gasteiger partial charge in [-0.1, -0.05) is 18.2 Å². The number of hydrogen-bond acceptors (Lipinski definition) is 4. The molecule has 4 heteroatoms. The van der Waals surface area contributed by atoms with Crippen molar-refractivity contribution in [3.05, 3.63) is 53.6 Å². The van der Waals surface area contributed by atoms with Gasteiger partial charge in [0, 0.05) is 44.0 Å². The molecule has 4 rings (SSSR count). The minimum absolute atomic E-state index is 0.663. The van der Waals surface area contributed by atoms with Crippen molar-refractivity contribution in [1.82, 2.24) is 4.90 Å². The molecule has 2 aliphatic heterocycles. The first-order valence-electron chi connectivity index (χ1n) is 10.1. The standard InChI is InChI=1S/C23H30N2O2/c1-26-21-6-3-18(4-7-21)9-13-24-14-11-20(12-15-24)25-16-10-19-5-8-22(27-2)17-23(19)25/h3-8,17,20H,9-16H2,1-2H3. The number of anilines is 1. The van der Waals surface area contributed by atoms with Crippen LogP contribution in [0.3, 0.4) is 0 Å². The lowest BCUT2D eigenvalue weighted by molar-refractivity contribution is 0.212. The maximum atomic E-state index is 5.44. The lowest BCUT2D eigenvalue weighted by Gasteiger charge is -2.38. The third kappa shape index (κ3) is 4.06.